The number of aromatic nitrogens is 2. The van der Waals surface area contributed by atoms with Gasteiger partial charge in [-0.25, -0.2) is 0 Å². The van der Waals surface area contributed by atoms with E-state index >= 15 is 0 Å². The summed E-state index contributed by atoms with van der Waals surface area (Å²) in [7, 11) is 0. The van der Waals surface area contributed by atoms with Crippen molar-refractivity contribution >= 4 is 44.9 Å². The Morgan fingerprint density at radius 3 is 2.78 bits per heavy atom. The molecule has 7 nitrogen and oxygen atoms in total. The van der Waals surface area contributed by atoms with E-state index in [1.165, 1.54) is 16.2 Å². The van der Waals surface area contributed by atoms with E-state index in [2.05, 4.69) is 10.2 Å². The first kappa shape index (κ1) is 20.7. The van der Waals surface area contributed by atoms with Gasteiger partial charge in [-0.3, -0.25) is 14.5 Å². The summed E-state index contributed by atoms with van der Waals surface area (Å²) in [4.78, 5) is 28.5. The average molecular weight is 468 g/mol. The van der Waals surface area contributed by atoms with Crippen LogP contribution in [0.4, 0.5) is 5.13 Å². The molecule has 1 atom stereocenters. The number of anilines is 1. The topological polar surface area (TPSA) is 85.5 Å². The molecule has 0 bridgehead atoms. The summed E-state index contributed by atoms with van der Waals surface area (Å²) in [6.45, 7) is 4.40. The highest BCUT2D eigenvalue weighted by atomic mass is 35.5. The minimum atomic E-state index is -0.727. The maximum Gasteiger partial charge on any atom is 0.297 e. The van der Waals surface area contributed by atoms with E-state index in [4.69, 9.17) is 20.8 Å². The third-order valence-electron chi connectivity index (χ3n) is 5.20. The smallest absolute Gasteiger partial charge is 0.297 e. The first-order chi connectivity index (χ1) is 15.5. The lowest BCUT2D eigenvalue weighted by atomic mass is 9.98. The molecule has 5 rings (SSSR count). The third-order valence-corrected chi connectivity index (χ3v) is 6.27. The Labute approximate surface area is 192 Å². The number of carbonyl (C=O) groups is 1. The Bertz CT molecular complexity index is 1410. The first-order valence-electron chi connectivity index (χ1n) is 10.1. The number of carbonyl (C=O) groups excluding carboxylic acids is 1. The van der Waals surface area contributed by atoms with E-state index in [0.29, 0.717) is 44.1 Å². The van der Waals surface area contributed by atoms with Crippen molar-refractivity contribution in [2.75, 3.05) is 11.5 Å². The molecule has 32 heavy (non-hydrogen) atoms. The molecule has 0 fully saturated rings. The van der Waals surface area contributed by atoms with Gasteiger partial charge in [-0.2, -0.15) is 0 Å². The van der Waals surface area contributed by atoms with Gasteiger partial charge in [0.05, 0.1) is 23.6 Å². The molecule has 1 amide bonds. The minimum Gasteiger partial charge on any atom is -0.494 e. The van der Waals surface area contributed by atoms with Crippen molar-refractivity contribution in [2.45, 2.75) is 26.3 Å². The fourth-order valence-corrected chi connectivity index (χ4v) is 4.72. The van der Waals surface area contributed by atoms with Crippen LogP contribution in [-0.2, 0) is 0 Å². The fourth-order valence-electron chi connectivity index (χ4n) is 3.84. The summed E-state index contributed by atoms with van der Waals surface area (Å²) in [6.07, 6.45) is 0.863. The SMILES string of the molecule is CCCOc1cccc([C@H]2c3c(oc4ccc(Cl)cc4c3=O)C(=O)N2c2nnc(C)s2)c1. The van der Waals surface area contributed by atoms with E-state index in [1.807, 2.05) is 38.1 Å². The van der Waals surface area contributed by atoms with Crippen LogP contribution >= 0.6 is 22.9 Å². The Hall–Kier alpha value is -3.23. The van der Waals surface area contributed by atoms with Crippen molar-refractivity contribution < 1.29 is 13.9 Å². The number of benzene rings is 2. The van der Waals surface area contributed by atoms with Crippen molar-refractivity contribution in [1.29, 1.82) is 0 Å². The molecule has 2 aromatic carbocycles. The van der Waals surface area contributed by atoms with Gasteiger partial charge in [0.2, 0.25) is 10.9 Å². The van der Waals surface area contributed by atoms with Crippen molar-refractivity contribution in [3.05, 3.63) is 79.6 Å². The number of rotatable bonds is 5. The number of hydrogen-bond donors (Lipinski definition) is 0. The van der Waals surface area contributed by atoms with Crippen molar-refractivity contribution in [2.24, 2.45) is 0 Å². The van der Waals surface area contributed by atoms with Crippen LogP contribution in [0.3, 0.4) is 0 Å². The van der Waals surface area contributed by atoms with Gasteiger partial charge in [0, 0.05) is 5.02 Å². The number of ether oxygens (including phenoxy) is 1. The van der Waals surface area contributed by atoms with Crippen LogP contribution in [0, 0.1) is 6.92 Å². The molecule has 0 saturated carbocycles. The van der Waals surface area contributed by atoms with Crippen molar-refractivity contribution in [3.63, 3.8) is 0 Å². The average Bonchev–Trinajstić information content (AvgIpc) is 3.34. The number of amides is 1. The van der Waals surface area contributed by atoms with Gasteiger partial charge < -0.3 is 9.15 Å². The zero-order valence-corrected chi connectivity index (χ0v) is 18.9. The highest BCUT2D eigenvalue weighted by Gasteiger charge is 2.45. The van der Waals surface area contributed by atoms with Gasteiger partial charge in [0.1, 0.15) is 16.3 Å². The Morgan fingerprint density at radius 1 is 1.19 bits per heavy atom. The van der Waals surface area contributed by atoms with E-state index < -0.39 is 11.9 Å². The van der Waals surface area contributed by atoms with Crippen LogP contribution in [-0.4, -0.2) is 22.7 Å². The monoisotopic (exact) mass is 467 g/mol. The highest BCUT2D eigenvalue weighted by Crippen LogP contribution is 2.42. The molecule has 9 heteroatoms. The summed E-state index contributed by atoms with van der Waals surface area (Å²) in [5.74, 6) is 0.226. The standard InChI is InChI=1S/C23H18ClN3O4S/c1-3-9-30-15-6-4-5-13(10-15)19-18-20(28)16-11-14(24)7-8-17(16)31-21(18)22(29)27(19)23-26-25-12(2)32-23/h4-8,10-11,19H,3,9H2,1-2H3/t19-/m0/s1. The van der Waals surface area contributed by atoms with Gasteiger partial charge in [0.25, 0.3) is 5.91 Å². The second-order valence-electron chi connectivity index (χ2n) is 7.42. The zero-order chi connectivity index (χ0) is 22.4. The Balaban J connectivity index is 1.76. The lowest BCUT2D eigenvalue weighted by molar-refractivity contribution is 0.0970. The molecule has 0 aliphatic carbocycles. The number of fused-ring (bicyclic) bond motifs is 2. The molecule has 1 aliphatic heterocycles. The molecular formula is C23H18ClN3O4S. The second kappa shape index (κ2) is 8.03. The van der Waals surface area contributed by atoms with Gasteiger partial charge in [-0.05, 0) is 49.2 Å². The Kier molecular flexibility index (Phi) is 5.19. The van der Waals surface area contributed by atoms with Crippen LogP contribution in [0.2, 0.25) is 5.02 Å². The lowest BCUT2D eigenvalue weighted by Gasteiger charge is -2.22. The molecule has 0 N–H and O–H groups in total. The summed E-state index contributed by atoms with van der Waals surface area (Å²) >= 11 is 7.40. The van der Waals surface area contributed by atoms with E-state index in [0.717, 1.165) is 6.42 Å². The molecule has 4 aromatic rings. The summed E-state index contributed by atoms with van der Waals surface area (Å²) in [5, 5.41) is 10.1. The zero-order valence-electron chi connectivity index (χ0n) is 17.3. The number of nitrogens with zero attached hydrogens (tertiary/aromatic N) is 3. The number of aryl methyl sites for hydroxylation is 1. The van der Waals surface area contributed by atoms with E-state index in [1.54, 1.807) is 18.2 Å². The van der Waals surface area contributed by atoms with Crippen LogP contribution in [0.1, 0.15) is 46.1 Å². The minimum absolute atomic E-state index is 0.00237. The maximum atomic E-state index is 13.6. The summed E-state index contributed by atoms with van der Waals surface area (Å²) < 4.78 is 11.7. The first-order valence-corrected chi connectivity index (χ1v) is 11.3. The maximum absolute atomic E-state index is 13.6. The quantitative estimate of drug-likeness (QED) is 0.403. The predicted octanol–water partition coefficient (Wildman–Crippen LogP) is 5.14. The molecular weight excluding hydrogens is 450 g/mol. The fraction of sp³-hybridized carbons (Fsp3) is 0.217. The summed E-state index contributed by atoms with van der Waals surface area (Å²) in [6, 6.07) is 11.4. The van der Waals surface area contributed by atoms with Gasteiger partial charge >= 0.3 is 0 Å². The molecule has 0 saturated heterocycles. The van der Waals surface area contributed by atoms with Crippen molar-refractivity contribution in [1.82, 2.24) is 10.2 Å². The predicted molar refractivity (Wildman–Crippen MR) is 123 cm³/mol. The number of halogens is 1. The number of hydrogen-bond acceptors (Lipinski definition) is 7. The molecule has 2 aromatic heterocycles. The van der Waals surface area contributed by atoms with Crippen LogP contribution in [0.15, 0.2) is 51.7 Å². The highest BCUT2D eigenvalue weighted by molar-refractivity contribution is 7.15. The molecule has 0 radical (unpaired) electrons. The van der Waals surface area contributed by atoms with E-state index in [-0.39, 0.29) is 16.8 Å². The van der Waals surface area contributed by atoms with Crippen LogP contribution in [0.25, 0.3) is 11.0 Å². The van der Waals surface area contributed by atoms with Gasteiger partial charge in [-0.1, -0.05) is 42.0 Å². The van der Waals surface area contributed by atoms with Gasteiger partial charge in [0.15, 0.2) is 5.43 Å². The Morgan fingerprint density at radius 2 is 2.03 bits per heavy atom. The second-order valence-corrected chi connectivity index (χ2v) is 9.01. The van der Waals surface area contributed by atoms with Gasteiger partial charge in [-0.15, -0.1) is 10.2 Å². The molecule has 1 aliphatic rings. The molecule has 3 heterocycles. The summed E-state index contributed by atoms with van der Waals surface area (Å²) in [5.41, 5.74) is 0.976. The third kappa shape index (κ3) is 3.36. The molecule has 0 spiro atoms. The largest absolute Gasteiger partial charge is 0.494 e. The molecule has 162 valence electrons. The normalized spacial score (nSPS) is 15.4. The molecule has 0 unspecified atom stereocenters. The lowest BCUT2D eigenvalue weighted by Crippen LogP contribution is -2.29. The van der Waals surface area contributed by atoms with E-state index in [9.17, 15) is 9.59 Å². The van der Waals surface area contributed by atoms with Crippen LogP contribution < -0.4 is 15.1 Å². The van der Waals surface area contributed by atoms with Crippen LogP contribution in [0.5, 0.6) is 5.75 Å². The van der Waals surface area contributed by atoms with Crippen molar-refractivity contribution in [3.8, 4) is 5.75 Å².